The average Bonchev–Trinajstić information content (AvgIpc) is 2.69. The summed E-state index contributed by atoms with van der Waals surface area (Å²) in [6.07, 6.45) is 2.72. The summed E-state index contributed by atoms with van der Waals surface area (Å²) in [7, 11) is 0. The van der Waals surface area contributed by atoms with E-state index in [0.29, 0.717) is 5.56 Å². The number of primary amides is 1. The third-order valence-corrected chi connectivity index (χ3v) is 2.84. The molecule has 0 fully saturated rings. The van der Waals surface area contributed by atoms with Crippen LogP contribution in [0.5, 0.6) is 0 Å². The molecule has 2 rings (SSSR count). The van der Waals surface area contributed by atoms with Crippen LogP contribution >= 0.6 is 0 Å². The van der Waals surface area contributed by atoms with Gasteiger partial charge in [-0.25, -0.2) is 0 Å². The van der Waals surface area contributed by atoms with Crippen LogP contribution in [-0.4, -0.2) is 42.9 Å². The Bertz CT molecular complexity index is 760. The molecule has 0 radical (unpaired) electrons. The Balaban J connectivity index is -0.000000206. The average molecular weight is 918 g/mol. The minimum absolute atomic E-state index is 0. The first-order chi connectivity index (χ1) is 13.8. The maximum atomic E-state index is 11.1. The van der Waals surface area contributed by atoms with E-state index >= 15 is 0 Å². The number of nitrogens with one attached hydrogen (secondary N) is 1. The Labute approximate surface area is 169 Å². The summed E-state index contributed by atoms with van der Waals surface area (Å²) in [6, 6.07) is 15.5. The van der Waals surface area contributed by atoms with E-state index in [2.05, 4.69) is 0 Å². The van der Waals surface area contributed by atoms with Crippen LogP contribution in [0.3, 0.4) is 0 Å². The molecule has 182 valence electrons. The van der Waals surface area contributed by atoms with Gasteiger partial charge in [-0.2, -0.15) is 13.3 Å². The number of carboxylic acids is 1. The van der Waals surface area contributed by atoms with Gasteiger partial charge in [-0.1, -0.05) is 42.0 Å². The number of carbonyl (C=O) groups excluding carboxylic acids is 3. The van der Waals surface area contributed by atoms with E-state index in [4.69, 9.17) is 15.6 Å². The predicted molar refractivity (Wildman–Crippen MR) is 109 cm³/mol. The fourth-order valence-electron chi connectivity index (χ4n) is 1.71. The molecule has 31 heavy (non-hydrogen) atoms. The fourth-order valence-corrected chi connectivity index (χ4v) is 1.71. The Hall–Kier alpha value is -5.55. The van der Waals surface area contributed by atoms with Crippen molar-refractivity contribution in [2.75, 3.05) is 13.2 Å². The molecule has 0 saturated heterocycles. The molecule has 0 spiro atoms. The molecule has 4 N–H and O–H groups in total. The van der Waals surface area contributed by atoms with Crippen molar-refractivity contribution in [1.29, 1.82) is 0 Å². The SMILES string of the molecule is CCF.C[C-]=O.Cc1ccc(-c2cccc(C(N)=O)c2)cc1.O=[C-]NCC(=O)O.[Fm].[Fm]. The van der Waals surface area contributed by atoms with Crippen molar-refractivity contribution >= 4 is 24.6 Å². The first kappa shape index (κ1) is 33.1. The molecule has 0 heterocycles. The van der Waals surface area contributed by atoms with Crippen molar-refractivity contribution < 1.29 is 28.7 Å². The summed E-state index contributed by atoms with van der Waals surface area (Å²) in [5.41, 5.74) is 9.11. The molecule has 2 aromatic carbocycles. The topological polar surface area (TPSA) is 127 Å². The third kappa shape index (κ3) is 17.6. The summed E-state index contributed by atoms with van der Waals surface area (Å²) >= 11 is 0. The number of carboxylic acid groups (broad SMARTS) is 1. The van der Waals surface area contributed by atoms with Gasteiger partial charge in [0.2, 0.25) is 5.91 Å². The van der Waals surface area contributed by atoms with Crippen LogP contribution in [0.2, 0.25) is 0 Å². The van der Waals surface area contributed by atoms with Gasteiger partial charge >= 0.3 is 5.97 Å². The van der Waals surface area contributed by atoms with Crippen LogP contribution < -0.4 is 11.1 Å². The molecule has 0 aliphatic rings. The normalized spacial score (nSPS) is 7.87. The maximum Gasteiger partial charge on any atom is 0.320 e. The van der Waals surface area contributed by atoms with Gasteiger partial charge in [-0.05, 0) is 37.1 Å². The number of aliphatic carboxylic acids is 1. The molecule has 10 heteroatoms. The van der Waals surface area contributed by atoms with Gasteiger partial charge in [0.1, 0.15) is 0 Å². The number of nitrogens with two attached hydrogens (primary N) is 1. The molecule has 7 nitrogen and oxygen atoms in total. The first-order valence-electron chi connectivity index (χ1n) is 8.40. The number of carbonyl (C=O) groups is 2. The number of benzene rings is 2. The second-order valence-corrected chi connectivity index (χ2v) is 5.13. The Morgan fingerprint density at radius 2 is 1.55 bits per heavy atom. The molecular weight excluding hydrogens is 893 g/mol. The maximum absolute atomic E-state index is 11.1. The van der Waals surface area contributed by atoms with Crippen LogP contribution in [0.1, 0.15) is 29.8 Å². The third-order valence-electron chi connectivity index (χ3n) is 2.84. The van der Waals surface area contributed by atoms with Crippen LogP contribution in [0.15, 0.2) is 48.5 Å². The van der Waals surface area contributed by atoms with Crippen LogP contribution in [0, 0.1) is 6.92 Å². The number of hydrogen-bond acceptors (Lipinski definition) is 4. The minimum atomic E-state index is -1.07. The molecule has 2 aromatic rings. The number of aryl methyl sites for hydroxylation is 1. The Morgan fingerprint density at radius 3 is 1.90 bits per heavy atom. The van der Waals surface area contributed by atoms with Crippen molar-refractivity contribution in [3.05, 3.63) is 59.7 Å². The number of rotatable bonds is 5. The monoisotopic (exact) mass is 918 g/mol. The molecular formula is C21H25FFm2N2O5-2. The second-order valence-electron chi connectivity index (χ2n) is 5.13. The van der Waals surface area contributed by atoms with E-state index in [0.717, 1.165) is 11.1 Å². The van der Waals surface area contributed by atoms with E-state index in [1.54, 1.807) is 6.07 Å². The summed E-state index contributed by atoms with van der Waals surface area (Å²) < 4.78 is 10.3. The molecule has 0 bridgehead atoms. The Kier molecular flexibility index (Phi) is 22.1. The van der Waals surface area contributed by atoms with Crippen LogP contribution in [0.25, 0.3) is 11.1 Å². The van der Waals surface area contributed by atoms with Crippen molar-refractivity contribution in [2.45, 2.75) is 20.8 Å². The zero-order chi connectivity index (χ0) is 22.7. The standard InChI is InChI=1S/C14H13NO.C3H4NO3.C2H5F.C2H3O.2Fm/c1-10-5-7-11(8-6-10)12-3-2-4-13(9-12)14(15)16;5-2-4-1-3(6)7;2*1-2-3;;/h2-9H,1H3,(H2,15,16);1H2,(H,4,5)(H,6,7);2H2,1H3;1H3;;/q;-1;;-1;;. The van der Waals surface area contributed by atoms with Gasteiger partial charge in [0.05, 0.1) is 13.2 Å². The van der Waals surface area contributed by atoms with E-state index in [1.165, 1.54) is 32.1 Å². The summed E-state index contributed by atoms with van der Waals surface area (Å²) in [5.74, 6) is -1.46. The smallest absolute Gasteiger partial charge is 0.320 e. The quantitative estimate of drug-likeness (QED) is 0.315. The molecule has 0 aliphatic carbocycles. The van der Waals surface area contributed by atoms with Crippen molar-refractivity contribution in [3.63, 3.8) is 0 Å². The molecule has 0 saturated carbocycles. The minimum Gasteiger partial charge on any atom is -0.542 e. The van der Waals surface area contributed by atoms with Crippen LogP contribution in [0.4, 0.5) is 4.39 Å². The Morgan fingerprint density at radius 1 is 1.06 bits per heavy atom. The summed E-state index contributed by atoms with van der Waals surface area (Å²) in [4.78, 5) is 38.5. The van der Waals surface area contributed by atoms with Crippen molar-refractivity contribution in [3.8, 4) is 11.1 Å². The molecule has 0 atom stereocenters. The van der Waals surface area contributed by atoms with Crippen molar-refractivity contribution in [1.82, 2.24) is 5.32 Å². The van der Waals surface area contributed by atoms with E-state index in [1.807, 2.05) is 54.7 Å². The van der Waals surface area contributed by atoms with Crippen LogP contribution in [-0.2, 0) is 14.4 Å². The van der Waals surface area contributed by atoms with Crippen molar-refractivity contribution in [2.24, 2.45) is 5.73 Å². The first-order valence-corrected chi connectivity index (χ1v) is 8.40. The molecule has 0 aromatic heterocycles. The number of halogens is 1. The van der Waals surface area contributed by atoms with E-state index in [9.17, 15) is 18.8 Å². The predicted octanol–water partition coefficient (Wildman–Crippen LogP) is 2.58. The summed E-state index contributed by atoms with van der Waals surface area (Å²) in [5, 5.41) is 9.65. The molecule has 0 aliphatic heterocycles. The molecule has 0 unspecified atom stereocenters. The summed E-state index contributed by atoms with van der Waals surface area (Å²) in [6.45, 7) is 4.22. The zero-order valence-electron chi connectivity index (χ0n) is 17.1. The van der Waals surface area contributed by atoms with Gasteiger partial charge < -0.3 is 25.7 Å². The number of alkyl halides is 1. The van der Waals surface area contributed by atoms with Gasteiger partial charge in [0.15, 0.2) is 0 Å². The second kappa shape index (κ2) is 20.8. The van der Waals surface area contributed by atoms with Gasteiger partial charge in [-0.3, -0.25) is 20.3 Å². The molecule has 2 amide bonds. The number of hydrogen-bond donors (Lipinski definition) is 3. The zero-order valence-corrected chi connectivity index (χ0v) is 22.0. The van der Waals surface area contributed by atoms with Gasteiger partial charge in [0.25, 0.3) is 0 Å². The van der Waals surface area contributed by atoms with E-state index < -0.39 is 11.9 Å². The fraction of sp³-hybridized carbons (Fsp3) is 0.238. The van der Waals surface area contributed by atoms with E-state index in [-0.39, 0.29) is 13.2 Å². The van der Waals surface area contributed by atoms with Gasteiger partial charge in [-0.15, -0.1) is 0 Å². The number of amides is 2. The largest absolute Gasteiger partial charge is 0.542 e. The van der Waals surface area contributed by atoms with Gasteiger partial charge in [0, 0.05) is 5.56 Å².